The van der Waals surface area contributed by atoms with Crippen molar-refractivity contribution in [3.05, 3.63) is 72.3 Å². The van der Waals surface area contributed by atoms with Crippen molar-refractivity contribution in [2.75, 3.05) is 12.4 Å². The summed E-state index contributed by atoms with van der Waals surface area (Å²) < 4.78 is 11.3. The van der Waals surface area contributed by atoms with E-state index in [2.05, 4.69) is 5.32 Å². The van der Waals surface area contributed by atoms with E-state index < -0.39 is 0 Å². The van der Waals surface area contributed by atoms with E-state index in [1.807, 2.05) is 36.4 Å². The number of carbonyl (C=O) groups is 2. The molecule has 0 atom stereocenters. The number of para-hydroxylation sites is 1. The topological polar surface area (TPSA) is 68.5 Å². The minimum Gasteiger partial charge on any atom is -0.495 e. The molecule has 0 radical (unpaired) electrons. The van der Waals surface area contributed by atoms with Crippen molar-refractivity contribution in [3.8, 4) is 5.75 Å². The van der Waals surface area contributed by atoms with Crippen LogP contribution in [0, 0.1) is 0 Å². The molecule has 1 aromatic heterocycles. The molecule has 0 spiro atoms. The van der Waals surface area contributed by atoms with E-state index in [4.69, 9.17) is 9.15 Å². The van der Waals surface area contributed by atoms with Crippen molar-refractivity contribution in [3.63, 3.8) is 0 Å². The highest BCUT2D eigenvalue weighted by atomic mass is 16.5. The maximum Gasteiger partial charge on any atom is 0.224 e. The van der Waals surface area contributed by atoms with Crippen LogP contribution in [-0.4, -0.2) is 18.8 Å². The third-order valence-electron chi connectivity index (χ3n) is 4.65. The summed E-state index contributed by atoms with van der Waals surface area (Å²) in [6, 6.07) is 20.3. The number of hydrogen-bond acceptors (Lipinski definition) is 4. The smallest absolute Gasteiger partial charge is 0.224 e. The van der Waals surface area contributed by atoms with Gasteiger partial charge < -0.3 is 14.5 Å². The molecular weight excluding hydrogens is 354 g/mol. The molecular formula is C23H19NO4. The van der Waals surface area contributed by atoms with Crippen LogP contribution in [0.3, 0.4) is 0 Å². The second-order valence-corrected chi connectivity index (χ2v) is 6.48. The quantitative estimate of drug-likeness (QED) is 0.472. The van der Waals surface area contributed by atoms with Gasteiger partial charge in [0.05, 0.1) is 12.8 Å². The van der Waals surface area contributed by atoms with Gasteiger partial charge in [-0.05, 0) is 12.1 Å². The molecule has 0 unspecified atom stereocenters. The molecule has 0 aliphatic rings. The van der Waals surface area contributed by atoms with Crippen molar-refractivity contribution in [2.24, 2.45) is 0 Å². The van der Waals surface area contributed by atoms with Crippen LogP contribution in [0.2, 0.25) is 0 Å². The molecule has 0 aliphatic heterocycles. The number of rotatable bonds is 6. The number of fused-ring (bicyclic) bond motifs is 3. The van der Waals surface area contributed by atoms with Crippen LogP contribution in [0.15, 0.2) is 71.1 Å². The molecule has 140 valence electrons. The third kappa shape index (κ3) is 3.47. The van der Waals surface area contributed by atoms with Gasteiger partial charge in [-0.3, -0.25) is 9.59 Å². The lowest BCUT2D eigenvalue weighted by Crippen LogP contribution is -2.14. The van der Waals surface area contributed by atoms with Crippen LogP contribution in [0.25, 0.3) is 21.9 Å². The maximum absolute atomic E-state index is 12.4. The number of nitrogens with one attached hydrogen (secondary N) is 1. The fourth-order valence-electron chi connectivity index (χ4n) is 3.23. The summed E-state index contributed by atoms with van der Waals surface area (Å²) in [6.45, 7) is 0. The molecule has 4 aromatic rings. The number of amides is 1. The average molecular weight is 373 g/mol. The first kappa shape index (κ1) is 17.8. The Kier molecular flexibility index (Phi) is 4.81. The normalized spacial score (nSPS) is 10.9. The highest BCUT2D eigenvalue weighted by molar-refractivity contribution is 6.08. The highest BCUT2D eigenvalue weighted by Gasteiger charge is 2.15. The number of ether oxygens (including phenoxy) is 1. The number of carbonyl (C=O) groups excluding carboxylic acids is 2. The molecule has 4 rings (SSSR count). The van der Waals surface area contributed by atoms with Gasteiger partial charge in [-0.25, -0.2) is 0 Å². The number of ketones is 1. The molecule has 5 nitrogen and oxygen atoms in total. The van der Waals surface area contributed by atoms with Crippen LogP contribution < -0.4 is 10.1 Å². The van der Waals surface area contributed by atoms with Crippen molar-refractivity contribution in [2.45, 2.75) is 12.8 Å². The van der Waals surface area contributed by atoms with E-state index in [1.165, 1.54) is 0 Å². The van der Waals surface area contributed by atoms with Crippen LogP contribution in [0.5, 0.6) is 5.75 Å². The van der Waals surface area contributed by atoms with E-state index in [9.17, 15) is 9.59 Å². The Labute approximate surface area is 161 Å². The van der Waals surface area contributed by atoms with Gasteiger partial charge in [-0.15, -0.1) is 0 Å². The second-order valence-electron chi connectivity index (χ2n) is 6.48. The predicted octanol–water partition coefficient (Wildman–Crippen LogP) is 5.20. The zero-order valence-corrected chi connectivity index (χ0v) is 15.4. The zero-order valence-electron chi connectivity index (χ0n) is 15.4. The van der Waals surface area contributed by atoms with Crippen LogP contribution in [-0.2, 0) is 4.79 Å². The predicted molar refractivity (Wildman–Crippen MR) is 109 cm³/mol. The lowest BCUT2D eigenvalue weighted by Gasteiger charge is -2.10. The fourth-order valence-corrected chi connectivity index (χ4v) is 3.23. The molecule has 5 heteroatoms. The van der Waals surface area contributed by atoms with Gasteiger partial charge in [0.1, 0.15) is 16.9 Å². The minimum absolute atomic E-state index is 0.0598. The molecule has 0 saturated carbocycles. The van der Waals surface area contributed by atoms with Crippen molar-refractivity contribution < 1.29 is 18.7 Å². The summed E-state index contributed by atoms with van der Waals surface area (Å²) >= 11 is 0. The molecule has 1 N–H and O–H groups in total. The Bertz CT molecular complexity index is 1160. The van der Waals surface area contributed by atoms with Gasteiger partial charge in [0.2, 0.25) is 5.91 Å². The van der Waals surface area contributed by atoms with Gasteiger partial charge in [0.25, 0.3) is 0 Å². The van der Waals surface area contributed by atoms with Gasteiger partial charge in [-0.1, -0.05) is 48.5 Å². The van der Waals surface area contributed by atoms with Gasteiger partial charge in [0.15, 0.2) is 5.78 Å². The summed E-state index contributed by atoms with van der Waals surface area (Å²) in [5.41, 5.74) is 2.57. The average Bonchev–Trinajstić information content (AvgIpc) is 3.09. The summed E-state index contributed by atoms with van der Waals surface area (Å²) in [4.78, 5) is 24.6. The largest absolute Gasteiger partial charge is 0.495 e. The first-order chi connectivity index (χ1) is 13.7. The number of benzene rings is 3. The third-order valence-corrected chi connectivity index (χ3v) is 4.65. The molecule has 0 fully saturated rings. The fraction of sp³-hybridized carbons (Fsp3) is 0.130. The van der Waals surface area contributed by atoms with Crippen LogP contribution >= 0.6 is 0 Å². The Hall–Kier alpha value is -3.60. The minimum atomic E-state index is -0.252. The Morgan fingerprint density at radius 2 is 1.64 bits per heavy atom. The van der Waals surface area contributed by atoms with E-state index in [-0.39, 0.29) is 24.5 Å². The number of methoxy groups -OCH3 is 1. The van der Waals surface area contributed by atoms with Crippen molar-refractivity contribution in [1.82, 2.24) is 0 Å². The van der Waals surface area contributed by atoms with Gasteiger partial charge in [0, 0.05) is 35.2 Å². The summed E-state index contributed by atoms with van der Waals surface area (Å²) in [5.74, 6) is 0.232. The summed E-state index contributed by atoms with van der Waals surface area (Å²) in [6.07, 6.45) is 0.236. The summed E-state index contributed by atoms with van der Waals surface area (Å²) in [7, 11) is 1.55. The second kappa shape index (κ2) is 7.56. The first-order valence-corrected chi connectivity index (χ1v) is 9.03. The van der Waals surface area contributed by atoms with E-state index in [0.29, 0.717) is 22.6 Å². The lowest BCUT2D eigenvalue weighted by molar-refractivity contribution is -0.116. The Morgan fingerprint density at radius 3 is 2.43 bits per heavy atom. The molecule has 0 aliphatic carbocycles. The van der Waals surface area contributed by atoms with Gasteiger partial charge in [-0.2, -0.15) is 0 Å². The molecule has 0 bridgehead atoms. The molecule has 0 saturated heterocycles. The monoisotopic (exact) mass is 373 g/mol. The van der Waals surface area contributed by atoms with Gasteiger partial charge >= 0.3 is 0 Å². The molecule has 1 amide bonds. The lowest BCUT2D eigenvalue weighted by atomic mass is 10.1. The van der Waals surface area contributed by atoms with E-state index in [0.717, 1.165) is 16.4 Å². The number of hydrogen-bond donors (Lipinski definition) is 1. The Balaban J connectivity index is 1.52. The maximum atomic E-state index is 12.4. The van der Waals surface area contributed by atoms with Crippen molar-refractivity contribution >= 4 is 39.3 Å². The highest BCUT2D eigenvalue weighted by Crippen LogP contribution is 2.36. The molecule has 3 aromatic carbocycles. The zero-order chi connectivity index (χ0) is 19.5. The molecule has 1 heterocycles. The number of furan rings is 1. The van der Waals surface area contributed by atoms with Crippen LogP contribution in [0.4, 0.5) is 5.69 Å². The van der Waals surface area contributed by atoms with Crippen molar-refractivity contribution in [1.29, 1.82) is 0 Å². The summed E-state index contributed by atoms with van der Waals surface area (Å²) in [5, 5.41) is 4.74. The van der Waals surface area contributed by atoms with Crippen LogP contribution in [0.1, 0.15) is 23.2 Å². The number of anilines is 1. The Morgan fingerprint density at radius 1 is 0.893 bits per heavy atom. The van der Waals surface area contributed by atoms with E-state index >= 15 is 0 Å². The molecule has 28 heavy (non-hydrogen) atoms. The van der Waals surface area contributed by atoms with E-state index in [1.54, 1.807) is 37.4 Å². The SMILES string of the molecule is COc1cc2c(cc1NC(=O)CCC(=O)c1ccccc1)oc1ccccc12. The first-order valence-electron chi connectivity index (χ1n) is 9.03. The number of Topliss-reactive ketones (excluding diaryl/α,β-unsaturated/α-hetero) is 1. The standard InChI is InChI=1S/C23H19NO4/c1-27-22-13-17-16-9-5-6-10-20(16)28-21(17)14-18(22)24-23(26)12-11-19(25)15-7-3-2-4-8-15/h2-10,13-14H,11-12H2,1H3,(H,24,26).